The van der Waals surface area contributed by atoms with E-state index in [-0.39, 0.29) is 36.6 Å². The molecule has 2 N–H and O–H groups in total. The quantitative estimate of drug-likeness (QED) is 0.171. The number of nitro groups is 1. The second kappa shape index (κ2) is 13.1. The van der Waals surface area contributed by atoms with E-state index in [9.17, 15) is 23.3 Å². The highest BCUT2D eigenvalue weighted by Crippen LogP contribution is 2.36. The molecule has 0 aliphatic carbocycles. The molecule has 1 unspecified atom stereocenters. The van der Waals surface area contributed by atoms with Crippen LogP contribution in [0.4, 0.5) is 5.69 Å². The monoisotopic (exact) mass is 589 g/mol. The third-order valence-electron chi connectivity index (χ3n) is 6.35. The number of aromatic nitrogens is 2. The highest BCUT2D eigenvalue weighted by molar-refractivity contribution is 7.89. The molecular formula is C26H31N5O9S. The van der Waals surface area contributed by atoms with Gasteiger partial charge >= 0.3 is 0 Å². The maximum Gasteiger partial charge on any atom is 0.272 e. The van der Waals surface area contributed by atoms with Gasteiger partial charge in [0, 0.05) is 44.5 Å². The summed E-state index contributed by atoms with van der Waals surface area (Å²) in [7, 11) is -1.33. The number of non-ortho nitro benzene ring substituents is 1. The van der Waals surface area contributed by atoms with Crippen molar-refractivity contribution >= 4 is 21.6 Å². The number of carbonyl (C=O) groups is 1. The van der Waals surface area contributed by atoms with Crippen LogP contribution in [0.25, 0.3) is 5.69 Å². The topological polar surface area (TPSA) is 173 Å². The number of hydrogen-bond donors (Lipinski definition) is 2. The van der Waals surface area contributed by atoms with Crippen LogP contribution in [0.1, 0.15) is 28.9 Å². The normalized spacial score (nSPS) is 15.0. The number of rotatable bonds is 13. The van der Waals surface area contributed by atoms with Crippen LogP contribution in [0.3, 0.4) is 0 Å². The lowest BCUT2D eigenvalue weighted by atomic mass is 10.2. The first-order valence-corrected chi connectivity index (χ1v) is 14.2. The van der Waals surface area contributed by atoms with Gasteiger partial charge in [-0.25, -0.2) is 13.1 Å². The van der Waals surface area contributed by atoms with E-state index in [4.69, 9.17) is 18.9 Å². The van der Waals surface area contributed by atoms with Crippen LogP contribution in [0, 0.1) is 17.0 Å². The van der Waals surface area contributed by atoms with Crippen LogP contribution in [0.15, 0.2) is 47.4 Å². The molecule has 0 spiro atoms. The summed E-state index contributed by atoms with van der Waals surface area (Å²) in [5.41, 5.74) is 0.420. The van der Waals surface area contributed by atoms with E-state index in [2.05, 4.69) is 15.1 Å². The number of carbonyl (C=O) groups excluding carboxylic acids is 1. The zero-order chi connectivity index (χ0) is 29.6. The Bertz CT molecular complexity index is 1500. The summed E-state index contributed by atoms with van der Waals surface area (Å²) in [5.74, 6) is -0.0439. The maximum absolute atomic E-state index is 13.2. The molecule has 2 aromatic carbocycles. The van der Waals surface area contributed by atoms with Crippen molar-refractivity contribution in [2.75, 3.05) is 40.5 Å². The summed E-state index contributed by atoms with van der Waals surface area (Å²) in [6.45, 7) is 2.57. The van der Waals surface area contributed by atoms with Crippen LogP contribution in [0.5, 0.6) is 17.4 Å². The molecule has 41 heavy (non-hydrogen) atoms. The Morgan fingerprint density at radius 1 is 1.22 bits per heavy atom. The summed E-state index contributed by atoms with van der Waals surface area (Å²) in [6.07, 6.45) is 1.67. The molecule has 1 aromatic heterocycles. The SMILES string of the molecule is COCCNS(=O)(=O)c1cc([N+](=O)[O-])ccc1Oc1c(C)c(C(=O)NCC2CCCO2)nn1-c1ccc(OC)cc1. The molecule has 14 nitrogen and oxygen atoms in total. The number of ether oxygens (including phenoxy) is 4. The van der Waals surface area contributed by atoms with Gasteiger partial charge in [-0.05, 0) is 50.1 Å². The molecule has 0 saturated carbocycles. The Hall–Kier alpha value is -4.05. The molecule has 3 aromatic rings. The predicted molar refractivity (Wildman–Crippen MR) is 146 cm³/mol. The molecule has 15 heteroatoms. The van der Waals surface area contributed by atoms with Crippen molar-refractivity contribution in [2.45, 2.75) is 30.8 Å². The van der Waals surface area contributed by atoms with Gasteiger partial charge in [0.15, 0.2) is 5.69 Å². The molecule has 1 amide bonds. The number of benzene rings is 2. The van der Waals surface area contributed by atoms with E-state index >= 15 is 0 Å². The molecule has 220 valence electrons. The molecule has 4 rings (SSSR count). The molecule has 1 fully saturated rings. The van der Waals surface area contributed by atoms with Crippen molar-refractivity contribution < 1.29 is 37.1 Å². The van der Waals surface area contributed by atoms with E-state index in [1.807, 2.05) is 0 Å². The Kier molecular flexibility index (Phi) is 9.54. The molecule has 1 atom stereocenters. The van der Waals surface area contributed by atoms with E-state index < -0.39 is 31.4 Å². The van der Waals surface area contributed by atoms with Crippen molar-refractivity contribution in [3.05, 3.63) is 63.8 Å². The van der Waals surface area contributed by atoms with Crippen LogP contribution in [0.2, 0.25) is 0 Å². The molecule has 1 aliphatic rings. The summed E-state index contributed by atoms with van der Waals surface area (Å²) >= 11 is 0. The predicted octanol–water partition coefficient (Wildman–Crippen LogP) is 2.72. The largest absolute Gasteiger partial charge is 0.497 e. The van der Waals surface area contributed by atoms with E-state index in [1.54, 1.807) is 31.2 Å². The van der Waals surface area contributed by atoms with E-state index in [0.29, 0.717) is 30.2 Å². The lowest BCUT2D eigenvalue weighted by Crippen LogP contribution is -2.32. The third kappa shape index (κ3) is 7.00. The van der Waals surface area contributed by atoms with Gasteiger partial charge in [0.25, 0.3) is 11.6 Å². The summed E-state index contributed by atoms with van der Waals surface area (Å²) in [6, 6.07) is 9.97. The smallest absolute Gasteiger partial charge is 0.272 e. The zero-order valence-electron chi connectivity index (χ0n) is 22.8. The van der Waals surface area contributed by atoms with Crippen molar-refractivity contribution in [3.63, 3.8) is 0 Å². The number of amides is 1. The molecule has 2 heterocycles. The zero-order valence-corrected chi connectivity index (χ0v) is 23.6. The number of nitrogens with zero attached hydrogens (tertiary/aromatic N) is 3. The minimum atomic E-state index is -4.27. The van der Waals surface area contributed by atoms with Gasteiger partial charge in [-0.3, -0.25) is 14.9 Å². The first kappa shape index (κ1) is 29.9. The Morgan fingerprint density at radius 3 is 2.61 bits per heavy atom. The summed E-state index contributed by atoms with van der Waals surface area (Å²) in [5, 5.41) is 18.8. The average molecular weight is 590 g/mol. The fourth-order valence-corrected chi connectivity index (χ4v) is 5.33. The van der Waals surface area contributed by atoms with Crippen molar-refractivity contribution in [3.8, 4) is 23.1 Å². The lowest BCUT2D eigenvalue weighted by Gasteiger charge is -2.14. The van der Waals surface area contributed by atoms with Gasteiger partial charge in [0.2, 0.25) is 15.9 Å². The first-order valence-electron chi connectivity index (χ1n) is 12.7. The summed E-state index contributed by atoms with van der Waals surface area (Å²) in [4.78, 5) is 23.4. The Morgan fingerprint density at radius 2 is 1.98 bits per heavy atom. The second-order valence-corrected chi connectivity index (χ2v) is 10.8. The second-order valence-electron chi connectivity index (χ2n) is 9.11. The lowest BCUT2D eigenvalue weighted by molar-refractivity contribution is -0.385. The highest BCUT2D eigenvalue weighted by Gasteiger charge is 2.28. The first-order chi connectivity index (χ1) is 19.6. The van der Waals surface area contributed by atoms with Gasteiger partial charge in [-0.1, -0.05) is 0 Å². The molecule has 0 bridgehead atoms. The fraction of sp³-hybridized carbons (Fsp3) is 0.385. The van der Waals surface area contributed by atoms with Crippen LogP contribution < -0.4 is 19.5 Å². The van der Waals surface area contributed by atoms with Crippen LogP contribution in [-0.2, 0) is 19.5 Å². The minimum absolute atomic E-state index is 0.0413. The van der Waals surface area contributed by atoms with E-state index in [0.717, 1.165) is 25.0 Å². The number of methoxy groups -OCH3 is 2. The van der Waals surface area contributed by atoms with E-state index in [1.165, 1.54) is 25.0 Å². The molecular weight excluding hydrogens is 558 g/mol. The van der Waals surface area contributed by atoms with Gasteiger partial charge in [0.1, 0.15) is 16.4 Å². The maximum atomic E-state index is 13.2. The van der Waals surface area contributed by atoms with Gasteiger partial charge < -0.3 is 24.3 Å². The van der Waals surface area contributed by atoms with Crippen LogP contribution in [-0.4, -0.2) is 75.7 Å². The van der Waals surface area contributed by atoms with Gasteiger partial charge in [-0.15, -0.1) is 0 Å². The molecule has 1 aliphatic heterocycles. The van der Waals surface area contributed by atoms with Crippen molar-refractivity contribution in [1.29, 1.82) is 0 Å². The summed E-state index contributed by atoms with van der Waals surface area (Å²) < 4.78 is 51.8. The van der Waals surface area contributed by atoms with Crippen LogP contribution >= 0.6 is 0 Å². The van der Waals surface area contributed by atoms with Crippen molar-refractivity contribution in [1.82, 2.24) is 19.8 Å². The van der Waals surface area contributed by atoms with Gasteiger partial charge in [0.05, 0.1) is 30.4 Å². The number of nitrogens with one attached hydrogen (secondary N) is 2. The molecule has 1 saturated heterocycles. The highest BCUT2D eigenvalue weighted by atomic mass is 32.2. The standard InChI is InChI=1S/C26H31N5O9S/c1-17-24(25(32)27-16-21-5-4-13-39-21)29-30(18-6-9-20(38-3)10-7-18)26(17)40-22-11-8-19(31(33)34)15-23(22)41(35,36)28-12-14-37-2/h6-11,15,21,28H,4-5,12-14,16H2,1-3H3,(H,27,32). The number of nitro benzene ring substituents is 1. The van der Waals surface area contributed by atoms with Crippen molar-refractivity contribution in [2.24, 2.45) is 0 Å². The minimum Gasteiger partial charge on any atom is -0.497 e. The number of sulfonamides is 1. The Labute approximate surface area is 236 Å². The fourth-order valence-electron chi connectivity index (χ4n) is 4.17. The molecule has 0 radical (unpaired) electrons. The van der Waals surface area contributed by atoms with Gasteiger partial charge in [-0.2, -0.15) is 9.78 Å². The third-order valence-corrected chi connectivity index (χ3v) is 7.83. The average Bonchev–Trinajstić information content (AvgIpc) is 3.60. The number of hydrogen-bond acceptors (Lipinski definition) is 10. The Balaban J connectivity index is 1.76.